The lowest BCUT2D eigenvalue weighted by atomic mass is 10.1. The van der Waals surface area contributed by atoms with Gasteiger partial charge >= 0.3 is 0 Å². The van der Waals surface area contributed by atoms with E-state index >= 15 is 0 Å². The zero-order chi connectivity index (χ0) is 13.2. The summed E-state index contributed by atoms with van der Waals surface area (Å²) in [5, 5.41) is 5.97. The number of aromatic nitrogens is 2. The molecule has 0 spiro atoms. The number of nitrogens with zero attached hydrogens (tertiary/aromatic N) is 2. The van der Waals surface area contributed by atoms with Crippen molar-refractivity contribution in [1.82, 2.24) is 10.1 Å². The van der Waals surface area contributed by atoms with Crippen molar-refractivity contribution in [3.63, 3.8) is 0 Å². The van der Waals surface area contributed by atoms with Crippen LogP contribution in [0.1, 0.15) is 11.5 Å². The molecule has 96 valence electrons. The monoisotopic (exact) mass is 335 g/mol. The Balaban J connectivity index is 1.84. The zero-order valence-electron chi connectivity index (χ0n) is 9.84. The number of halogens is 1. The molecule has 4 nitrogen and oxygen atoms in total. The number of thiophene rings is 1. The van der Waals surface area contributed by atoms with Gasteiger partial charge in [0.05, 0.1) is 11.3 Å². The lowest BCUT2D eigenvalue weighted by molar-refractivity contribution is 0.386. The first-order chi connectivity index (χ1) is 9.22. The molecule has 0 aliphatic rings. The van der Waals surface area contributed by atoms with Crippen LogP contribution in [0.3, 0.4) is 0 Å². The van der Waals surface area contributed by atoms with Crippen molar-refractivity contribution in [3.05, 3.63) is 51.6 Å². The largest absolute Gasteiger partial charge is 0.398 e. The summed E-state index contributed by atoms with van der Waals surface area (Å²) in [5.74, 6) is 1.18. The van der Waals surface area contributed by atoms with Crippen molar-refractivity contribution in [3.8, 4) is 10.7 Å². The van der Waals surface area contributed by atoms with Crippen LogP contribution in [0.25, 0.3) is 10.7 Å². The Hall–Kier alpha value is -1.66. The molecule has 1 aromatic carbocycles. The second-order valence-corrected chi connectivity index (χ2v) is 5.84. The molecule has 2 aromatic heterocycles. The summed E-state index contributed by atoms with van der Waals surface area (Å²) in [6.45, 7) is 0. The van der Waals surface area contributed by atoms with Gasteiger partial charge in [-0.25, -0.2) is 0 Å². The summed E-state index contributed by atoms with van der Waals surface area (Å²) >= 11 is 4.98. The minimum atomic E-state index is 0.548. The standard InChI is InChI=1S/C13H10BrN3OS/c14-9-6-11(19-7-9)13-16-12(18-17-13)5-8-3-1-2-4-10(8)15/h1-4,6-7H,5,15H2. The third-order valence-electron chi connectivity index (χ3n) is 2.65. The number of hydrogen-bond donors (Lipinski definition) is 1. The Morgan fingerprint density at radius 2 is 2.16 bits per heavy atom. The maximum Gasteiger partial charge on any atom is 0.231 e. The maximum atomic E-state index is 5.90. The molecule has 0 saturated heterocycles. The highest BCUT2D eigenvalue weighted by atomic mass is 79.9. The van der Waals surface area contributed by atoms with Gasteiger partial charge in [-0.2, -0.15) is 4.98 Å². The highest BCUT2D eigenvalue weighted by Crippen LogP contribution is 2.28. The molecule has 0 radical (unpaired) electrons. The minimum Gasteiger partial charge on any atom is -0.398 e. The lowest BCUT2D eigenvalue weighted by Crippen LogP contribution is -1.95. The summed E-state index contributed by atoms with van der Waals surface area (Å²) in [6.07, 6.45) is 0.548. The van der Waals surface area contributed by atoms with E-state index in [4.69, 9.17) is 10.3 Å². The van der Waals surface area contributed by atoms with Gasteiger partial charge in [0.15, 0.2) is 0 Å². The second kappa shape index (κ2) is 5.14. The Bertz CT molecular complexity index is 707. The Morgan fingerprint density at radius 3 is 2.89 bits per heavy atom. The first kappa shape index (κ1) is 12.4. The average molecular weight is 336 g/mol. The van der Waals surface area contributed by atoms with Gasteiger partial charge in [-0.3, -0.25) is 0 Å². The predicted octanol–water partition coefficient (Wildman–Crippen LogP) is 3.73. The molecule has 0 aliphatic carbocycles. The average Bonchev–Trinajstić information content (AvgIpc) is 3.01. The fourth-order valence-electron chi connectivity index (χ4n) is 1.72. The molecule has 0 atom stereocenters. The van der Waals surface area contributed by atoms with E-state index in [1.807, 2.05) is 35.7 Å². The van der Waals surface area contributed by atoms with Gasteiger partial charge in [-0.15, -0.1) is 11.3 Å². The van der Waals surface area contributed by atoms with E-state index in [2.05, 4.69) is 26.1 Å². The van der Waals surface area contributed by atoms with E-state index < -0.39 is 0 Å². The Morgan fingerprint density at radius 1 is 1.32 bits per heavy atom. The van der Waals surface area contributed by atoms with Crippen molar-refractivity contribution >= 4 is 33.0 Å². The third kappa shape index (κ3) is 2.69. The van der Waals surface area contributed by atoms with Crippen molar-refractivity contribution in [2.45, 2.75) is 6.42 Å². The van der Waals surface area contributed by atoms with E-state index in [0.717, 1.165) is 20.6 Å². The van der Waals surface area contributed by atoms with Crippen LogP contribution in [-0.4, -0.2) is 10.1 Å². The van der Waals surface area contributed by atoms with Crippen LogP contribution in [0.5, 0.6) is 0 Å². The Kier molecular flexibility index (Phi) is 3.35. The first-order valence-corrected chi connectivity index (χ1v) is 7.30. The van der Waals surface area contributed by atoms with Gasteiger partial charge in [-0.05, 0) is 33.6 Å². The molecule has 3 aromatic rings. The third-order valence-corrected chi connectivity index (χ3v) is 4.34. The number of nitrogens with two attached hydrogens (primary N) is 1. The van der Waals surface area contributed by atoms with Gasteiger partial charge in [-0.1, -0.05) is 23.4 Å². The van der Waals surface area contributed by atoms with E-state index in [0.29, 0.717) is 18.1 Å². The van der Waals surface area contributed by atoms with E-state index in [1.54, 1.807) is 11.3 Å². The molecule has 0 aliphatic heterocycles. The lowest BCUT2D eigenvalue weighted by Gasteiger charge is -2.00. The molecule has 19 heavy (non-hydrogen) atoms. The van der Waals surface area contributed by atoms with Crippen LogP contribution in [-0.2, 0) is 6.42 Å². The molecule has 2 N–H and O–H groups in total. The molecule has 0 unspecified atom stereocenters. The van der Waals surface area contributed by atoms with Crippen LogP contribution < -0.4 is 5.73 Å². The molecule has 0 fully saturated rings. The molecule has 6 heteroatoms. The molecular formula is C13H10BrN3OS. The highest BCUT2D eigenvalue weighted by Gasteiger charge is 2.11. The van der Waals surface area contributed by atoms with Gasteiger partial charge in [0.2, 0.25) is 11.7 Å². The van der Waals surface area contributed by atoms with Crippen molar-refractivity contribution in [1.29, 1.82) is 0 Å². The maximum absolute atomic E-state index is 5.90. The van der Waals surface area contributed by atoms with Gasteiger partial charge in [0.25, 0.3) is 0 Å². The normalized spacial score (nSPS) is 10.8. The van der Waals surface area contributed by atoms with E-state index in [-0.39, 0.29) is 0 Å². The molecular weight excluding hydrogens is 326 g/mol. The predicted molar refractivity (Wildman–Crippen MR) is 79.0 cm³/mol. The summed E-state index contributed by atoms with van der Waals surface area (Å²) in [5.41, 5.74) is 7.62. The number of anilines is 1. The first-order valence-electron chi connectivity index (χ1n) is 5.63. The zero-order valence-corrected chi connectivity index (χ0v) is 12.2. The van der Waals surface area contributed by atoms with Crippen molar-refractivity contribution < 1.29 is 4.52 Å². The molecule has 0 saturated carbocycles. The fraction of sp³-hybridized carbons (Fsp3) is 0.0769. The SMILES string of the molecule is Nc1ccccc1Cc1nc(-c2cc(Br)cs2)no1. The van der Waals surface area contributed by atoms with Crippen LogP contribution in [0.15, 0.2) is 44.7 Å². The summed E-state index contributed by atoms with van der Waals surface area (Å²) in [4.78, 5) is 5.36. The quantitative estimate of drug-likeness (QED) is 0.740. The van der Waals surface area contributed by atoms with Crippen molar-refractivity contribution in [2.24, 2.45) is 0 Å². The molecule has 0 amide bonds. The molecule has 0 bridgehead atoms. The minimum absolute atomic E-state index is 0.548. The summed E-state index contributed by atoms with van der Waals surface area (Å²) < 4.78 is 6.28. The van der Waals surface area contributed by atoms with E-state index in [1.165, 1.54) is 0 Å². The number of benzene rings is 1. The van der Waals surface area contributed by atoms with Crippen LogP contribution in [0, 0.1) is 0 Å². The number of hydrogen-bond acceptors (Lipinski definition) is 5. The topological polar surface area (TPSA) is 64.9 Å². The van der Waals surface area contributed by atoms with Gasteiger partial charge in [0, 0.05) is 15.5 Å². The smallest absolute Gasteiger partial charge is 0.231 e. The van der Waals surface area contributed by atoms with Crippen LogP contribution in [0.4, 0.5) is 5.69 Å². The number of rotatable bonds is 3. The van der Waals surface area contributed by atoms with Gasteiger partial charge in [0.1, 0.15) is 0 Å². The van der Waals surface area contributed by atoms with E-state index in [9.17, 15) is 0 Å². The summed E-state index contributed by atoms with van der Waals surface area (Å²) in [6, 6.07) is 9.64. The highest BCUT2D eigenvalue weighted by molar-refractivity contribution is 9.10. The summed E-state index contributed by atoms with van der Waals surface area (Å²) in [7, 11) is 0. The fourth-order valence-corrected chi connectivity index (χ4v) is 3.07. The van der Waals surface area contributed by atoms with Crippen molar-refractivity contribution in [2.75, 3.05) is 5.73 Å². The number of para-hydroxylation sites is 1. The van der Waals surface area contributed by atoms with Crippen LogP contribution >= 0.6 is 27.3 Å². The molecule has 2 heterocycles. The number of nitrogen functional groups attached to an aromatic ring is 1. The Labute approximate surface area is 122 Å². The molecule has 3 rings (SSSR count). The van der Waals surface area contributed by atoms with Crippen LogP contribution in [0.2, 0.25) is 0 Å². The van der Waals surface area contributed by atoms with Gasteiger partial charge < -0.3 is 10.3 Å². The second-order valence-electron chi connectivity index (χ2n) is 4.02.